The van der Waals surface area contributed by atoms with Crippen LogP contribution in [0.1, 0.15) is 32.0 Å². The zero-order chi connectivity index (χ0) is 18.7. The van der Waals surface area contributed by atoms with Crippen LogP contribution in [0.2, 0.25) is 0 Å². The van der Waals surface area contributed by atoms with Crippen molar-refractivity contribution in [3.05, 3.63) is 59.0 Å². The number of benzene rings is 1. The average Bonchev–Trinajstić information content (AvgIpc) is 3.13. The number of hydrogen-bond donors (Lipinski definition) is 1. The van der Waals surface area contributed by atoms with E-state index in [1.807, 2.05) is 31.2 Å². The smallest absolute Gasteiger partial charge is 0.338 e. The summed E-state index contributed by atoms with van der Waals surface area (Å²) in [5, 5.41) is 8.89. The molecule has 26 heavy (non-hydrogen) atoms. The van der Waals surface area contributed by atoms with E-state index >= 15 is 0 Å². The molecule has 1 aromatic carbocycles. The van der Waals surface area contributed by atoms with E-state index in [2.05, 4.69) is 0 Å². The van der Waals surface area contributed by atoms with Gasteiger partial charge in [-0.2, -0.15) is 0 Å². The molecule has 1 aromatic heterocycles. The highest BCUT2D eigenvalue weighted by molar-refractivity contribution is 5.95. The van der Waals surface area contributed by atoms with Gasteiger partial charge in [0.25, 0.3) is 5.91 Å². The third-order valence-electron chi connectivity index (χ3n) is 4.45. The first-order chi connectivity index (χ1) is 12.4. The van der Waals surface area contributed by atoms with E-state index < -0.39 is 5.97 Å². The number of nitrogens with zero attached hydrogens (tertiary/aromatic N) is 2. The third kappa shape index (κ3) is 3.93. The molecule has 0 radical (unpaired) electrons. The first-order valence-electron chi connectivity index (χ1n) is 8.38. The summed E-state index contributed by atoms with van der Waals surface area (Å²) >= 11 is 0. The minimum Gasteiger partial charge on any atom is -0.478 e. The van der Waals surface area contributed by atoms with Crippen molar-refractivity contribution in [2.24, 2.45) is 0 Å². The second-order valence-corrected chi connectivity index (χ2v) is 6.34. The van der Waals surface area contributed by atoms with Gasteiger partial charge in [-0.05, 0) is 12.5 Å². The molecule has 1 aliphatic heterocycles. The van der Waals surface area contributed by atoms with Crippen molar-refractivity contribution < 1.29 is 23.9 Å². The lowest BCUT2D eigenvalue weighted by molar-refractivity contribution is -0.131. The van der Waals surface area contributed by atoms with Crippen LogP contribution in [0, 0.1) is 6.92 Å². The van der Waals surface area contributed by atoms with E-state index in [0.29, 0.717) is 32.6 Å². The van der Waals surface area contributed by atoms with Crippen molar-refractivity contribution in [3.8, 4) is 0 Å². The molecule has 0 spiro atoms. The molecule has 0 atom stereocenters. The van der Waals surface area contributed by atoms with Crippen molar-refractivity contribution in [1.29, 1.82) is 0 Å². The largest absolute Gasteiger partial charge is 0.478 e. The van der Waals surface area contributed by atoms with E-state index in [1.165, 1.54) is 6.07 Å². The Labute approximate surface area is 150 Å². The maximum atomic E-state index is 12.4. The number of carboxylic acids is 1. The lowest BCUT2D eigenvalue weighted by Gasteiger charge is -2.34. The fourth-order valence-corrected chi connectivity index (χ4v) is 2.87. The molecule has 7 nitrogen and oxygen atoms in total. The predicted molar refractivity (Wildman–Crippen MR) is 93.0 cm³/mol. The van der Waals surface area contributed by atoms with Gasteiger partial charge in [-0.25, -0.2) is 4.79 Å². The maximum Gasteiger partial charge on any atom is 0.338 e. The molecule has 2 amide bonds. The normalized spacial score (nSPS) is 14.3. The van der Waals surface area contributed by atoms with Crippen LogP contribution in [0.15, 0.2) is 41.0 Å². The molecule has 1 aliphatic rings. The van der Waals surface area contributed by atoms with Gasteiger partial charge in [0.1, 0.15) is 6.26 Å². The van der Waals surface area contributed by atoms with Crippen LogP contribution in [-0.4, -0.2) is 58.9 Å². The van der Waals surface area contributed by atoms with E-state index in [1.54, 1.807) is 9.80 Å². The molecule has 1 fully saturated rings. The number of piperazine rings is 1. The Morgan fingerprint density at radius 2 is 1.65 bits per heavy atom. The zero-order valence-electron chi connectivity index (χ0n) is 14.5. The summed E-state index contributed by atoms with van der Waals surface area (Å²) in [5.74, 6) is -1.46. The highest BCUT2D eigenvalue weighted by Crippen LogP contribution is 2.14. The summed E-state index contributed by atoms with van der Waals surface area (Å²) in [7, 11) is 0. The van der Waals surface area contributed by atoms with E-state index in [0.717, 1.165) is 17.4 Å². The van der Waals surface area contributed by atoms with Gasteiger partial charge in [-0.1, -0.05) is 29.8 Å². The van der Waals surface area contributed by atoms with E-state index in [4.69, 9.17) is 9.52 Å². The number of carboxylic acid groups (broad SMARTS) is 1. The number of rotatable bonds is 4. The quantitative estimate of drug-likeness (QED) is 0.902. The van der Waals surface area contributed by atoms with E-state index in [-0.39, 0.29) is 23.1 Å². The van der Waals surface area contributed by atoms with Gasteiger partial charge in [0, 0.05) is 32.2 Å². The number of hydrogen-bond acceptors (Lipinski definition) is 4. The van der Waals surface area contributed by atoms with Crippen molar-refractivity contribution in [3.63, 3.8) is 0 Å². The lowest BCUT2D eigenvalue weighted by Crippen LogP contribution is -2.50. The number of carbonyl (C=O) groups excluding carboxylic acids is 2. The lowest BCUT2D eigenvalue weighted by atomic mass is 10.1. The molecule has 0 bridgehead atoms. The Hall–Kier alpha value is -3.09. The van der Waals surface area contributed by atoms with E-state index in [9.17, 15) is 14.4 Å². The first kappa shape index (κ1) is 17.7. The van der Waals surface area contributed by atoms with Crippen LogP contribution in [0.3, 0.4) is 0 Å². The summed E-state index contributed by atoms with van der Waals surface area (Å²) < 4.78 is 5.05. The second-order valence-electron chi connectivity index (χ2n) is 6.34. The number of amides is 2. The molecule has 2 heterocycles. The van der Waals surface area contributed by atoms with Crippen LogP contribution in [0.4, 0.5) is 0 Å². The predicted octanol–water partition coefficient (Wildman–Crippen LogP) is 1.81. The standard InChI is InChI=1S/C19H20N2O5/c1-13-2-4-14(5-3-13)10-17(22)20-6-8-21(9-7-20)18(23)16-11-15(12-26-16)19(24)25/h2-5,11-12H,6-10H2,1H3,(H,24,25). The SMILES string of the molecule is Cc1ccc(CC(=O)N2CCN(C(=O)c3cc(C(=O)O)co3)CC2)cc1. The molecular weight excluding hydrogens is 336 g/mol. The number of furan rings is 1. The highest BCUT2D eigenvalue weighted by Gasteiger charge is 2.27. The molecule has 0 unspecified atom stereocenters. The summed E-state index contributed by atoms with van der Waals surface area (Å²) in [6.07, 6.45) is 1.39. The fourth-order valence-electron chi connectivity index (χ4n) is 2.87. The maximum absolute atomic E-state index is 12.4. The summed E-state index contributed by atoms with van der Waals surface area (Å²) in [5.41, 5.74) is 2.06. The minimum absolute atomic E-state index is 0.00170. The molecule has 1 saturated heterocycles. The van der Waals surface area contributed by atoms with Gasteiger partial charge in [0.2, 0.25) is 5.91 Å². The second kappa shape index (κ2) is 7.43. The highest BCUT2D eigenvalue weighted by atomic mass is 16.4. The summed E-state index contributed by atoms with van der Waals surface area (Å²) in [4.78, 5) is 39.0. The Morgan fingerprint density at radius 1 is 1.04 bits per heavy atom. The molecule has 136 valence electrons. The van der Waals surface area contributed by atoms with Crippen molar-refractivity contribution in [2.75, 3.05) is 26.2 Å². The third-order valence-corrected chi connectivity index (χ3v) is 4.45. The molecule has 0 saturated carbocycles. The molecule has 2 aromatic rings. The minimum atomic E-state index is -1.14. The molecule has 1 N–H and O–H groups in total. The number of aromatic carboxylic acids is 1. The topological polar surface area (TPSA) is 91.1 Å². The molecule has 0 aliphatic carbocycles. The Bertz CT molecular complexity index is 817. The van der Waals surface area contributed by atoms with Gasteiger partial charge in [0.05, 0.1) is 12.0 Å². The van der Waals surface area contributed by atoms with Crippen LogP contribution >= 0.6 is 0 Å². The summed E-state index contributed by atoms with van der Waals surface area (Å²) in [6, 6.07) is 9.08. The zero-order valence-corrected chi connectivity index (χ0v) is 14.5. The molecular formula is C19H20N2O5. The fraction of sp³-hybridized carbons (Fsp3) is 0.316. The Balaban J connectivity index is 1.54. The van der Waals surface area contributed by atoms with Crippen LogP contribution in [0.5, 0.6) is 0 Å². The monoisotopic (exact) mass is 356 g/mol. The molecule has 3 rings (SSSR count). The van der Waals surface area contributed by atoms with Gasteiger partial charge >= 0.3 is 5.97 Å². The average molecular weight is 356 g/mol. The number of carbonyl (C=O) groups is 3. The summed E-state index contributed by atoms with van der Waals surface area (Å²) in [6.45, 7) is 3.68. The van der Waals surface area contributed by atoms with Crippen LogP contribution < -0.4 is 0 Å². The van der Waals surface area contributed by atoms with Crippen molar-refractivity contribution >= 4 is 17.8 Å². The molecule has 7 heteroatoms. The van der Waals surface area contributed by atoms with Crippen LogP contribution in [0.25, 0.3) is 0 Å². The number of aryl methyl sites for hydroxylation is 1. The van der Waals surface area contributed by atoms with Crippen LogP contribution in [-0.2, 0) is 11.2 Å². The Kier molecular flexibility index (Phi) is 5.06. The Morgan fingerprint density at radius 3 is 2.23 bits per heavy atom. The van der Waals surface area contributed by atoms with Gasteiger partial charge in [-0.15, -0.1) is 0 Å². The van der Waals surface area contributed by atoms with Gasteiger partial charge in [-0.3, -0.25) is 9.59 Å². The van der Waals surface area contributed by atoms with Gasteiger partial charge < -0.3 is 19.3 Å². The first-order valence-corrected chi connectivity index (χ1v) is 8.38. The van der Waals surface area contributed by atoms with Crippen molar-refractivity contribution in [2.45, 2.75) is 13.3 Å². The van der Waals surface area contributed by atoms with Gasteiger partial charge in [0.15, 0.2) is 5.76 Å². The van der Waals surface area contributed by atoms with Crippen molar-refractivity contribution in [1.82, 2.24) is 9.80 Å².